The number of fused-ring (bicyclic) bond motifs is 1. The van der Waals surface area contributed by atoms with Crippen LogP contribution in [0.15, 0.2) is 47.5 Å². The van der Waals surface area contributed by atoms with Gasteiger partial charge >= 0.3 is 0 Å². The molecule has 0 spiro atoms. The Morgan fingerprint density at radius 2 is 1.98 bits per heavy atom. The Bertz CT molecular complexity index is 1570. The number of aliphatic hydroxyl groups excluding tert-OH is 1. The van der Waals surface area contributed by atoms with Crippen LogP contribution in [0, 0.1) is 0 Å². The van der Waals surface area contributed by atoms with Crippen LogP contribution in [-0.4, -0.2) is 84.7 Å². The molecule has 1 aromatic carbocycles. The van der Waals surface area contributed by atoms with Crippen molar-refractivity contribution in [2.45, 2.75) is 49.3 Å². The van der Waals surface area contributed by atoms with Crippen molar-refractivity contribution < 1.29 is 23.1 Å². The summed E-state index contributed by atoms with van der Waals surface area (Å²) in [7, 11) is -0.346. The van der Waals surface area contributed by atoms with E-state index in [-0.39, 0.29) is 22.5 Å². The zero-order valence-electron chi connectivity index (χ0n) is 23.6. The van der Waals surface area contributed by atoms with E-state index in [1.807, 2.05) is 25.1 Å². The van der Waals surface area contributed by atoms with Crippen molar-refractivity contribution in [3.63, 3.8) is 0 Å². The first-order valence-corrected chi connectivity index (χ1v) is 15.5. The van der Waals surface area contributed by atoms with Crippen LogP contribution in [0.4, 0.5) is 11.8 Å². The molecule has 0 radical (unpaired) electrons. The minimum atomic E-state index is -4.02. The second kappa shape index (κ2) is 12.5. The number of aromatic nitrogens is 3. The van der Waals surface area contributed by atoms with Gasteiger partial charge in [-0.15, -0.1) is 0 Å². The Balaban J connectivity index is 1.34. The minimum absolute atomic E-state index is 0.0265. The van der Waals surface area contributed by atoms with Crippen LogP contribution in [-0.2, 0) is 26.1 Å². The van der Waals surface area contributed by atoms with Gasteiger partial charge in [-0.3, -0.25) is 4.79 Å². The topological polar surface area (TPSA) is 150 Å². The van der Waals surface area contributed by atoms with Gasteiger partial charge in [0, 0.05) is 45.5 Å². The molecule has 1 saturated heterocycles. The molecule has 0 aliphatic carbocycles. The van der Waals surface area contributed by atoms with E-state index < -0.39 is 34.6 Å². The number of aliphatic hydroxyl groups is 1. The quantitative estimate of drug-likeness (QED) is 0.328. The third kappa shape index (κ3) is 6.20. The second-order valence-electron chi connectivity index (χ2n) is 10.5. The molecule has 2 aliphatic heterocycles. The van der Waals surface area contributed by atoms with E-state index >= 15 is 0 Å². The molecule has 5 rings (SSSR count). The molecule has 2 atom stereocenters. The number of sulfonamides is 1. The van der Waals surface area contributed by atoms with Crippen molar-refractivity contribution in [3.05, 3.63) is 58.9 Å². The molecule has 2 unspecified atom stereocenters. The van der Waals surface area contributed by atoms with E-state index in [1.54, 1.807) is 24.3 Å². The lowest BCUT2D eigenvalue weighted by Gasteiger charge is -2.25. The van der Waals surface area contributed by atoms with Crippen LogP contribution < -0.4 is 15.5 Å². The number of carbonyl (C=O) groups is 1. The number of rotatable bonds is 9. The Morgan fingerprint density at radius 1 is 1.21 bits per heavy atom. The molecule has 3 N–H and O–H groups in total. The molecule has 3 aromatic rings. The lowest BCUT2D eigenvalue weighted by molar-refractivity contribution is -0.125. The zero-order chi connectivity index (χ0) is 30.0. The van der Waals surface area contributed by atoms with Gasteiger partial charge in [0.15, 0.2) is 0 Å². The largest absolute Gasteiger partial charge is 0.394 e. The fourth-order valence-corrected chi connectivity index (χ4v) is 6.99. The number of ether oxygens (including phenoxy) is 1. The van der Waals surface area contributed by atoms with Crippen LogP contribution in [0.3, 0.4) is 0 Å². The summed E-state index contributed by atoms with van der Waals surface area (Å²) in [5.74, 6) is 0.517. The molecule has 0 saturated carbocycles. The number of nitrogens with one attached hydrogen (secondary N) is 2. The van der Waals surface area contributed by atoms with Crippen LogP contribution in [0.5, 0.6) is 0 Å². The predicted molar refractivity (Wildman–Crippen MR) is 159 cm³/mol. The van der Waals surface area contributed by atoms with Gasteiger partial charge in [0.05, 0.1) is 40.2 Å². The zero-order valence-corrected chi connectivity index (χ0v) is 25.2. The van der Waals surface area contributed by atoms with Gasteiger partial charge in [0.25, 0.3) is 0 Å². The number of halogens is 1. The fourth-order valence-electron chi connectivity index (χ4n) is 4.98. The van der Waals surface area contributed by atoms with Gasteiger partial charge in [0.2, 0.25) is 21.9 Å². The van der Waals surface area contributed by atoms with E-state index in [9.17, 15) is 18.3 Å². The SMILES string of the molecule is CC(C(=O)NC(CO)c1cccc(N(C)C)n1)N1Cc2ccc(-c3nc(NC4CCOCC4)ncc3Cl)cc2S1(=O)=O. The third-order valence-corrected chi connectivity index (χ3v) is 9.71. The minimum Gasteiger partial charge on any atom is -0.394 e. The Morgan fingerprint density at radius 3 is 2.69 bits per heavy atom. The first-order valence-electron chi connectivity index (χ1n) is 13.7. The number of carbonyl (C=O) groups excluding carboxylic acids is 1. The molecule has 12 nitrogen and oxygen atoms in total. The molecule has 4 heterocycles. The molecule has 2 aliphatic rings. The monoisotopic (exact) mass is 615 g/mol. The smallest absolute Gasteiger partial charge is 0.244 e. The highest BCUT2D eigenvalue weighted by Crippen LogP contribution is 2.36. The first-order chi connectivity index (χ1) is 20.1. The van der Waals surface area contributed by atoms with Gasteiger partial charge in [-0.2, -0.15) is 4.31 Å². The van der Waals surface area contributed by atoms with Crippen molar-refractivity contribution in [1.82, 2.24) is 24.6 Å². The van der Waals surface area contributed by atoms with Gasteiger partial charge in [-0.25, -0.2) is 23.4 Å². The van der Waals surface area contributed by atoms with E-state index in [0.29, 0.717) is 47.5 Å². The summed E-state index contributed by atoms with van der Waals surface area (Å²) < 4.78 is 33.9. The van der Waals surface area contributed by atoms with E-state index in [4.69, 9.17) is 16.3 Å². The maximum atomic E-state index is 13.7. The fraction of sp³-hybridized carbons (Fsp3) is 0.429. The number of pyridine rings is 1. The lowest BCUT2D eigenvalue weighted by atomic mass is 10.1. The molecular formula is C28H34ClN7O5S. The number of benzene rings is 1. The van der Waals surface area contributed by atoms with Crippen LogP contribution in [0.2, 0.25) is 5.02 Å². The molecule has 14 heteroatoms. The van der Waals surface area contributed by atoms with Crippen molar-refractivity contribution in [2.24, 2.45) is 0 Å². The van der Waals surface area contributed by atoms with Crippen LogP contribution in [0.1, 0.15) is 37.1 Å². The summed E-state index contributed by atoms with van der Waals surface area (Å²) in [4.78, 5) is 28.5. The summed E-state index contributed by atoms with van der Waals surface area (Å²) in [6.45, 7) is 2.47. The van der Waals surface area contributed by atoms with Gasteiger partial charge < -0.3 is 25.4 Å². The van der Waals surface area contributed by atoms with Crippen molar-refractivity contribution >= 4 is 39.3 Å². The summed E-state index contributed by atoms with van der Waals surface area (Å²) in [6.07, 6.45) is 3.16. The highest BCUT2D eigenvalue weighted by molar-refractivity contribution is 7.89. The maximum absolute atomic E-state index is 13.7. The number of hydrogen-bond donors (Lipinski definition) is 3. The number of anilines is 2. The van der Waals surface area contributed by atoms with Crippen molar-refractivity contribution in [2.75, 3.05) is 44.1 Å². The van der Waals surface area contributed by atoms with Gasteiger partial charge in [0.1, 0.15) is 11.9 Å². The highest BCUT2D eigenvalue weighted by Gasteiger charge is 2.41. The number of hydrogen-bond acceptors (Lipinski definition) is 10. The maximum Gasteiger partial charge on any atom is 0.244 e. The van der Waals surface area contributed by atoms with Crippen LogP contribution in [0.25, 0.3) is 11.3 Å². The molecule has 2 aromatic heterocycles. The van der Waals surface area contributed by atoms with Crippen LogP contribution >= 0.6 is 11.6 Å². The summed E-state index contributed by atoms with van der Waals surface area (Å²) in [5.41, 5.74) is 1.95. The first kappa shape index (κ1) is 30.1. The average Bonchev–Trinajstić information content (AvgIpc) is 3.26. The van der Waals surface area contributed by atoms with E-state index in [1.165, 1.54) is 19.2 Å². The molecule has 42 heavy (non-hydrogen) atoms. The Hall–Kier alpha value is -3.36. The van der Waals surface area contributed by atoms with Crippen molar-refractivity contribution in [3.8, 4) is 11.3 Å². The summed E-state index contributed by atoms with van der Waals surface area (Å²) >= 11 is 6.44. The molecule has 1 fully saturated rings. The summed E-state index contributed by atoms with van der Waals surface area (Å²) in [5, 5.41) is 16.3. The standard InChI is InChI=1S/C28H34ClN7O5S/c1-17(27(38)33-23(16-37)22-5-4-6-25(32-22)35(2)3)36-15-19-8-7-18(13-24(19)42(36,39)40)26-21(29)14-30-28(34-26)31-20-9-11-41-12-10-20/h4-8,13-14,17,20,23,37H,9-12,15-16H2,1-3H3,(H,33,38)(H,30,31,34). The number of amides is 1. The van der Waals surface area contributed by atoms with Crippen molar-refractivity contribution in [1.29, 1.82) is 0 Å². The molecule has 1 amide bonds. The molecule has 0 bridgehead atoms. The highest BCUT2D eigenvalue weighted by atomic mass is 35.5. The summed E-state index contributed by atoms with van der Waals surface area (Å²) in [6, 6.07) is 8.63. The van der Waals surface area contributed by atoms with Gasteiger partial charge in [-0.05, 0) is 43.5 Å². The Kier molecular flexibility index (Phi) is 8.94. The molecular weight excluding hydrogens is 582 g/mol. The van der Waals surface area contributed by atoms with E-state index in [2.05, 4.69) is 25.6 Å². The number of nitrogens with zero attached hydrogens (tertiary/aromatic N) is 5. The van der Waals surface area contributed by atoms with Gasteiger partial charge in [-0.1, -0.05) is 29.8 Å². The average molecular weight is 616 g/mol. The molecule has 224 valence electrons. The second-order valence-corrected chi connectivity index (χ2v) is 12.8. The lowest BCUT2D eigenvalue weighted by Crippen LogP contribution is -2.46. The normalized spacial score (nSPS) is 18.2. The Labute approximate surface area is 250 Å². The van der Waals surface area contributed by atoms with E-state index in [0.717, 1.165) is 17.1 Å². The predicted octanol–water partition coefficient (Wildman–Crippen LogP) is 2.59. The third-order valence-electron chi connectivity index (χ3n) is 7.43.